The van der Waals surface area contributed by atoms with E-state index in [0.29, 0.717) is 0 Å². The lowest BCUT2D eigenvalue weighted by Crippen LogP contribution is -1.90. The lowest BCUT2D eigenvalue weighted by atomic mass is 10.1. The fraction of sp³-hybridized carbons (Fsp3) is 0.125. The van der Waals surface area contributed by atoms with Crippen molar-refractivity contribution in [1.82, 2.24) is 0 Å². The SMILES string of the molecule is C=CCc1ccccc1CSc1[c]cccc1. The highest BCUT2D eigenvalue weighted by molar-refractivity contribution is 7.98. The molecular formula is C16H15S. The highest BCUT2D eigenvalue weighted by Crippen LogP contribution is 2.24. The van der Waals surface area contributed by atoms with Crippen molar-refractivity contribution in [3.63, 3.8) is 0 Å². The largest absolute Gasteiger partial charge is 0.121 e. The molecule has 0 aliphatic heterocycles. The first kappa shape index (κ1) is 12.0. The second kappa shape index (κ2) is 6.31. The zero-order chi connectivity index (χ0) is 11.9. The standard InChI is InChI=1S/C16H15S/c1-2-8-14-9-6-7-10-15(14)13-17-16-11-4-3-5-12-16/h2-7,9-11H,1,8,13H2. The van der Waals surface area contributed by atoms with Gasteiger partial charge in [0.25, 0.3) is 0 Å². The topological polar surface area (TPSA) is 0 Å². The quantitative estimate of drug-likeness (QED) is 0.546. The number of benzene rings is 2. The fourth-order valence-electron chi connectivity index (χ4n) is 1.68. The molecule has 2 rings (SSSR count). The number of thioether (sulfide) groups is 1. The van der Waals surface area contributed by atoms with Crippen molar-refractivity contribution in [2.24, 2.45) is 0 Å². The summed E-state index contributed by atoms with van der Waals surface area (Å²) in [6.07, 6.45) is 2.90. The average molecular weight is 239 g/mol. The molecule has 1 radical (unpaired) electrons. The minimum atomic E-state index is 0.940. The second-order valence-electron chi connectivity index (χ2n) is 3.78. The molecule has 2 aromatic carbocycles. The van der Waals surface area contributed by atoms with Crippen LogP contribution >= 0.6 is 11.8 Å². The van der Waals surface area contributed by atoms with Gasteiger partial charge >= 0.3 is 0 Å². The zero-order valence-corrected chi connectivity index (χ0v) is 10.5. The Labute approximate surface area is 107 Å². The second-order valence-corrected chi connectivity index (χ2v) is 4.79. The lowest BCUT2D eigenvalue weighted by molar-refractivity contribution is 1.20. The Morgan fingerprint density at radius 1 is 1.06 bits per heavy atom. The summed E-state index contributed by atoms with van der Waals surface area (Å²) in [6, 6.07) is 19.9. The molecule has 17 heavy (non-hydrogen) atoms. The van der Waals surface area contributed by atoms with E-state index >= 15 is 0 Å². The van der Waals surface area contributed by atoms with Gasteiger partial charge < -0.3 is 0 Å². The molecule has 0 aliphatic carbocycles. The lowest BCUT2D eigenvalue weighted by Gasteiger charge is -2.07. The molecule has 0 amide bonds. The zero-order valence-electron chi connectivity index (χ0n) is 9.73. The van der Waals surface area contributed by atoms with Gasteiger partial charge in [-0.05, 0) is 29.7 Å². The van der Waals surface area contributed by atoms with E-state index < -0.39 is 0 Å². The summed E-state index contributed by atoms with van der Waals surface area (Å²) < 4.78 is 0. The van der Waals surface area contributed by atoms with Crippen LogP contribution in [0, 0.1) is 6.07 Å². The molecule has 0 fully saturated rings. The third kappa shape index (κ3) is 3.50. The van der Waals surface area contributed by atoms with Crippen molar-refractivity contribution < 1.29 is 0 Å². The van der Waals surface area contributed by atoms with Crippen LogP contribution in [0.3, 0.4) is 0 Å². The molecule has 0 saturated carbocycles. The van der Waals surface area contributed by atoms with Gasteiger partial charge in [0, 0.05) is 10.6 Å². The Balaban J connectivity index is 2.06. The van der Waals surface area contributed by atoms with Crippen LogP contribution < -0.4 is 0 Å². The van der Waals surface area contributed by atoms with Crippen molar-refractivity contribution in [2.45, 2.75) is 17.1 Å². The Morgan fingerprint density at radius 3 is 2.53 bits per heavy atom. The molecule has 0 N–H and O–H groups in total. The first-order valence-corrected chi connectivity index (χ1v) is 6.66. The molecular weight excluding hydrogens is 224 g/mol. The minimum absolute atomic E-state index is 0.940. The van der Waals surface area contributed by atoms with E-state index in [4.69, 9.17) is 0 Å². The first-order valence-electron chi connectivity index (χ1n) is 5.67. The van der Waals surface area contributed by atoms with E-state index in [2.05, 4.69) is 49.0 Å². The Morgan fingerprint density at radius 2 is 1.82 bits per heavy atom. The number of rotatable bonds is 5. The number of hydrogen-bond donors (Lipinski definition) is 0. The first-order chi connectivity index (χ1) is 8.40. The molecule has 2 aromatic rings. The van der Waals surface area contributed by atoms with Gasteiger partial charge in [-0.3, -0.25) is 0 Å². The highest BCUT2D eigenvalue weighted by Gasteiger charge is 2.01. The maximum Gasteiger partial charge on any atom is 0.0235 e. The Hall–Kier alpha value is -1.47. The molecule has 0 bridgehead atoms. The molecule has 0 aromatic heterocycles. The van der Waals surface area contributed by atoms with E-state index in [1.54, 1.807) is 0 Å². The van der Waals surface area contributed by atoms with Crippen molar-refractivity contribution in [2.75, 3.05) is 0 Å². The van der Waals surface area contributed by atoms with E-state index in [9.17, 15) is 0 Å². The van der Waals surface area contributed by atoms with Crippen molar-refractivity contribution >= 4 is 11.8 Å². The van der Waals surface area contributed by atoms with Gasteiger partial charge in [0.15, 0.2) is 0 Å². The molecule has 0 heterocycles. The van der Waals surface area contributed by atoms with Gasteiger partial charge in [0.1, 0.15) is 0 Å². The van der Waals surface area contributed by atoms with Crippen molar-refractivity contribution in [3.05, 3.63) is 78.4 Å². The smallest absolute Gasteiger partial charge is 0.0235 e. The molecule has 85 valence electrons. The van der Waals surface area contributed by atoms with Gasteiger partial charge in [0.05, 0.1) is 0 Å². The predicted octanol–water partition coefficient (Wildman–Crippen LogP) is 4.51. The van der Waals surface area contributed by atoms with Crippen LogP contribution in [-0.4, -0.2) is 0 Å². The predicted molar refractivity (Wildman–Crippen MR) is 75.2 cm³/mol. The normalized spacial score (nSPS) is 10.1. The maximum absolute atomic E-state index is 3.80. The van der Waals surface area contributed by atoms with Gasteiger partial charge in [-0.1, -0.05) is 48.5 Å². The summed E-state index contributed by atoms with van der Waals surface area (Å²) in [5.74, 6) is 0.991. The van der Waals surface area contributed by atoms with Crippen LogP contribution in [0.15, 0.2) is 66.1 Å². The van der Waals surface area contributed by atoms with Crippen LogP contribution in [0.25, 0.3) is 0 Å². The van der Waals surface area contributed by atoms with Crippen molar-refractivity contribution in [3.8, 4) is 0 Å². The van der Waals surface area contributed by atoms with Crippen molar-refractivity contribution in [1.29, 1.82) is 0 Å². The molecule has 0 aliphatic rings. The fourth-order valence-corrected chi connectivity index (χ4v) is 2.59. The maximum atomic E-state index is 3.80. The van der Waals surface area contributed by atoms with Gasteiger partial charge in [-0.2, -0.15) is 0 Å². The molecule has 1 heteroatoms. The van der Waals surface area contributed by atoms with E-state index in [1.807, 2.05) is 30.0 Å². The third-order valence-electron chi connectivity index (χ3n) is 2.55. The van der Waals surface area contributed by atoms with Crippen LogP contribution in [0.4, 0.5) is 0 Å². The van der Waals surface area contributed by atoms with Crippen LogP contribution in [0.2, 0.25) is 0 Å². The summed E-state index contributed by atoms with van der Waals surface area (Å²) in [7, 11) is 0. The monoisotopic (exact) mass is 239 g/mol. The molecule has 0 saturated heterocycles. The Bertz CT molecular complexity index is 474. The summed E-state index contributed by atoms with van der Waals surface area (Å²) in [6.45, 7) is 3.80. The van der Waals surface area contributed by atoms with Crippen LogP contribution in [-0.2, 0) is 12.2 Å². The summed E-state index contributed by atoms with van der Waals surface area (Å²) in [4.78, 5) is 1.20. The van der Waals surface area contributed by atoms with E-state index in [1.165, 1.54) is 16.0 Å². The molecule has 0 atom stereocenters. The third-order valence-corrected chi connectivity index (χ3v) is 3.57. The highest BCUT2D eigenvalue weighted by atomic mass is 32.2. The van der Waals surface area contributed by atoms with E-state index in [-0.39, 0.29) is 0 Å². The van der Waals surface area contributed by atoms with Gasteiger partial charge in [-0.15, -0.1) is 18.3 Å². The Kier molecular flexibility index (Phi) is 4.45. The summed E-state index contributed by atoms with van der Waals surface area (Å²) in [5, 5.41) is 0. The van der Waals surface area contributed by atoms with Gasteiger partial charge in [-0.25, -0.2) is 0 Å². The van der Waals surface area contributed by atoms with Crippen LogP contribution in [0.1, 0.15) is 11.1 Å². The van der Waals surface area contributed by atoms with Crippen LogP contribution in [0.5, 0.6) is 0 Å². The molecule has 0 spiro atoms. The summed E-state index contributed by atoms with van der Waals surface area (Å²) in [5.41, 5.74) is 2.75. The average Bonchev–Trinajstić information content (AvgIpc) is 2.39. The number of hydrogen-bond acceptors (Lipinski definition) is 1. The molecule has 0 nitrogen and oxygen atoms in total. The summed E-state index contributed by atoms with van der Waals surface area (Å²) >= 11 is 1.82. The van der Waals surface area contributed by atoms with Gasteiger partial charge in [0.2, 0.25) is 0 Å². The number of allylic oxidation sites excluding steroid dienone is 1. The minimum Gasteiger partial charge on any atom is -0.121 e. The van der Waals surface area contributed by atoms with E-state index in [0.717, 1.165) is 12.2 Å². The molecule has 0 unspecified atom stereocenters.